The van der Waals surface area contributed by atoms with Gasteiger partial charge in [0.1, 0.15) is 0 Å². The average molecular weight is 232 g/mol. The Morgan fingerprint density at radius 1 is 1.62 bits per heavy atom. The lowest BCUT2D eigenvalue weighted by Gasteiger charge is -2.42. The van der Waals surface area contributed by atoms with Gasteiger partial charge in [-0.05, 0) is 6.42 Å². The lowest BCUT2D eigenvalue weighted by molar-refractivity contribution is -0.0514. The van der Waals surface area contributed by atoms with Crippen LogP contribution in [0, 0.1) is 0 Å². The number of morpholine rings is 1. The molecule has 0 bridgehead atoms. The number of hydrogen-bond acceptors (Lipinski definition) is 5. The molecular weight excluding hydrogens is 208 g/mol. The highest BCUT2D eigenvalue weighted by atomic mass is 16.5. The molecule has 3 atom stereocenters. The molecule has 0 spiro atoms. The second-order valence-electron chi connectivity index (χ2n) is 4.24. The molecule has 3 N–H and O–H groups in total. The van der Waals surface area contributed by atoms with Gasteiger partial charge in [-0.2, -0.15) is 0 Å². The molecule has 96 valence electrons. The van der Waals surface area contributed by atoms with E-state index in [1.807, 2.05) is 0 Å². The number of aliphatic hydroxyl groups is 1. The molecule has 0 aromatic carbocycles. The van der Waals surface area contributed by atoms with E-state index in [1.165, 1.54) is 0 Å². The standard InChI is InChI=1S/C11H24N2O3/c1-3-9-7-16-5-4-13(9)11(6-14)10(12)8-15-2/h9-11,14H,3-8,12H2,1-2H3. The molecule has 16 heavy (non-hydrogen) atoms. The van der Waals surface area contributed by atoms with Gasteiger partial charge in [-0.25, -0.2) is 0 Å². The van der Waals surface area contributed by atoms with Gasteiger partial charge < -0.3 is 20.3 Å². The predicted octanol–water partition coefficient (Wildman–Crippen LogP) is -0.568. The van der Waals surface area contributed by atoms with Crippen molar-refractivity contribution in [2.45, 2.75) is 31.5 Å². The fourth-order valence-electron chi connectivity index (χ4n) is 2.25. The molecule has 1 heterocycles. The number of methoxy groups -OCH3 is 1. The van der Waals surface area contributed by atoms with Crippen LogP contribution in [0.3, 0.4) is 0 Å². The molecule has 5 heteroatoms. The summed E-state index contributed by atoms with van der Waals surface area (Å²) in [6.45, 7) is 4.95. The van der Waals surface area contributed by atoms with E-state index in [2.05, 4.69) is 11.8 Å². The van der Waals surface area contributed by atoms with Crippen molar-refractivity contribution in [1.82, 2.24) is 4.90 Å². The van der Waals surface area contributed by atoms with E-state index in [4.69, 9.17) is 15.2 Å². The molecule has 1 aliphatic heterocycles. The van der Waals surface area contributed by atoms with Gasteiger partial charge in [0.2, 0.25) is 0 Å². The Bertz CT molecular complexity index is 192. The lowest BCUT2D eigenvalue weighted by Crippen LogP contribution is -2.59. The molecule has 3 unspecified atom stereocenters. The third kappa shape index (κ3) is 3.40. The maximum atomic E-state index is 9.47. The van der Waals surface area contributed by atoms with Crippen molar-refractivity contribution >= 4 is 0 Å². The smallest absolute Gasteiger partial charge is 0.0629 e. The van der Waals surface area contributed by atoms with Gasteiger partial charge in [-0.15, -0.1) is 0 Å². The van der Waals surface area contributed by atoms with Gasteiger partial charge in [0.15, 0.2) is 0 Å². The predicted molar refractivity (Wildman–Crippen MR) is 62.3 cm³/mol. The Morgan fingerprint density at radius 3 is 2.94 bits per heavy atom. The van der Waals surface area contributed by atoms with E-state index in [1.54, 1.807) is 7.11 Å². The average Bonchev–Trinajstić information content (AvgIpc) is 2.31. The summed E-state index contributed by atoms with van der Waals surface area (Å²) in [7, 11) is 1.63. The monoisotopic (exact) mass is 232 g/mol. The van der Waals surface area contributed by atoms with E-state index < -0.39 is 0 Å². The van der Waals surface area contributed by atoms with E-state index in [0.29, 0.717) is 19.3 Å². The summed E-state index contributed by atoms with van der Waals surface area (Å²) < 4.78 is 10.5. The van der Waals surface area contributed by atoms with Crippen LogP contribution in [0.2, 0.25) is 0 Å². The Balaban J connectivity index is 2.61. The zero-order valence-corrected chi connectivity index (χ0v) is 10.3. The van der Waals surface area contributed by atoms with Crippen LogP contribution in [0.25, 0.3) is 0 Å². The third-order valence-electron chi connectivity index (χ3n) is 3.21. The molecule has 1 aliphatic rings. The minimum absolute atomic E-state index is 0.0335. The highest BCUT2D eigenvalue weighted by Gasteiger charge is 2.31. The van der Waals surface area contributed by atoms with Crippen molar-refractivity contribution in [2.24, 2.45) is 5.73 Å². The molecule has 0 aromatic rings. The van der Waals surface area contributed by atoms with Crippen LogP contribution in [-0.2, 0) is 9.47 Å². The van der Waals surface area contributed by atoms with E-state index in [-0.39, 0.29) is 18.7 Å². The van der Waals surface area contributed by atoms with Crippen LogP contribution in [0.15, 0.2) is 0 Å². The zero-order chi connectivity index (χ0) is 12.0. The minimum atomic E-state index is -0.151. The van der Waals surface area contributed by atoms with Gasteiger partial charge >= 0.3 is 0 Å². The number of rotatable bonds is 6. The van der Waals surface area contributed by atoms with Crippen molar-refractivity contribution in [1.29, 1.82) is 0 Å². The topological polar surface area (TPSA) is 68.0 Å². The molecule has 0 aliphatic carbocycles. The minimum Gasteiger partial charge on any atom is -0.395 e. The van der Waals surface area contributed by atoms with Crippen LogP contribution >= 0.6 is 0 Å². The Morgan fingerprint density at radius 2 is 2.38 bits per heavy atom. The number of aliphatic hydroxyl groups excluding tert-OH is 1. The molecule has 0 amide bonds. The molecular formula is C11H24N2O3. The van der Waals surface area contributed by atoms with Crippen molar-refractivity contribution < 1.29 is 14.6 Å². The Labute approximate surface area is 97.5 Å². The molecule has 5 nitrogen and oxygen atoms in total. The summed E-state index contributed by atoms with van der Waals surface area (Å²) in [4.78, 5) is 2.26. The van der Waals surface area contributed by atoms with Crippen molar-refractivity contribution in [3.8, 4) is 0 Å². The van der Waals surface area contributed by atoms with Crippen LogP contribution in [0.1, 0.15) is 13.3 Å². The zero-order valence-electron chi connectivity index (χ0n) is 10.3. The van der Waals surface area contributed by atoms with Gasteiger partial charge in [-0.1, -0.05) is 6.92 Å². The fraction of sp³-hybridized carbons (Fsp3) is 1.00. The number of nitrogens with zero attached hydrogens (tertiary/aromatic N) is 1. The lowest BCUT2D eigenvalue weighted by atomic mass is 10.0. The first-order valence-corrected chi connectivity index (χ1v) is 5.93. The quantitative estimate of drug-likeness (QED) is 0.642. The van der Waals surface area contributed by atoms with Crippen molar-refractivity contribution in [3.05, 3.63) is 0 Å². The van der Waals surface area contributed by atoms with E-state index >= 15 is 0 Å². The number of nitrogens with two attached hydrogens (primary N) is 1. The van der Waals surface area contributed by atoms with Crippen molar-refractivity contribution in [2.75, 3.05) is 40.1 Å². The SMILES string of the molecule is CCC1COCCN1C(CO)C(N)COC. The molecule has 1 rings (SSSR count). The summed E-state index contributed by atoms with van der Waals surface area (Å²) in [6, 6.07) is 0.171. The van der Waals surface area contributed by atoms with Gasteiger partial charge in [-0.3, -0.25) is 4.90 Å². The van der Waals surface area contributed by atoms with Crippen LogP contribution in [0.5, 0.6) is 0 Å². The Hall–Kier alpha value is -0.200. The van der Waals surface area contributed by atoms with Crippen molar-refractivity contribution in [3.63, 3.8) is 0 Å². The normalized spacial score (nSPS) is 26.6. The summed E-state index contributed by atoms with van der Waals surface area (Å²) in [5, 5.41) is 9.47. The second kappa shape index (κ2) is 7.19. The van der Waals surface area contributed by atoms with E-state index in [9.17, 15) is 5.11 Å². The maximum Gasteiger partial charge on any atom is 0.0629 e. The summed E-state index contributed by atoms with van der Waals surface area (Å²) in [5.74, 6) is 0. The molecule has 0 saturated carbocycles. The van der Waals surface area contributed by atoms with E-state index in [0.717, 1.165) is 19.6 Å². The summed E-state index contributed by atoms with van der Waals surface area (Å²) in [6.07, 6.45) is 1.01. The number of hydrogen-bond donors (Lipinski definition) is 2. The second-order valence-corrected chi connectivity index (χ2v) is 4.24. The van der Waals surface area contributed by atoms with Gasteiger partial charge in [0.05, 0.1) is 32.5 Å². The highest BCUT2D eigenvalue weighted by Crippen LogP contribution is 2.15. The molecule has 0 aromatic heterocycles. The third-order valence-corrected chi connectivity index (χ3v) is 3.21. The fourth-order valence-corrected chi connectivity index (χ4v) is 2.25. The molecule has 0 radical (unpaired) electrons. The van der Waals surface area contributed by atoms with Crippen LogP contribution < -0.4 is 5.73 Å². The number of ether oxygens (including phenoxy) is 2. The van der Waals surface area contributed by atoms with Crippen LogP contribution in [0.4, 0.5) is 0 Å². The highest BCUT2D eigenvalue weighted by molar-refractivity contribution is 4.87. The van der Waals surface area contributed by atoms with Crippen LogP contribution in [-0.4, -0.2) is 68.2 Å². The first-order chi connectivity index (χ1) is 7.74. The molecule has 1 saturated heterocycles. The summed E-state index contributed by atoms with van der Waals surface area (Å²) in [5.41, 5.74) is 6.02. The first kappa shape index (κ1) is 13.9. The maximum absolute atomic E-state index is 9.47. The largest absolute Gasteiger partial charge is 0.395 e. The Kier molecular flexibility index (Phi) is 6.23. The van der Waals surface area contributed by atoms with Gasteiger partial charge in [0, 0.05) is 25.7 Å². The first-order valence-electron chi connectivity index (χ1n) is 5.93. The molecule has 1 fully saturated rings. The summed E-state index contributed by atoms with van der Waals surface area (Å²) >= 11 is 0. The van der Waals surface area contributed by atoms with Gasteiger partial charge in [0.25, 0.3) is 0 Å².